The third-order valence-corrected chi connectivity index (χ3v) is 6.99. The van der Waals surface area contributed by atoms with Gasteiger partial charge in [-0.25, -0.2) is 18.2 Å². The van der Waals surface area contributed by atoms with Crippen molar-refractivity contribution in [1.29, 1.82) is 0 Å². The number of carbonyl (C=O) groups excluding carboxylic acids is 2. The number of hydrogen-bond donors (Lipinski definition) is 2. The van der Waals surface area contributed by atoms with Gasteiger partial charge in [0.1, 0.15) is 5.60 Å². The molecule has 1 aromatic rings. The Morgan fingerprint density at radius 3 is 2.38 bits per heavy atom. The van der Waals surface area contributed by atoms with Crippen molar-refractivity contribution in [2.24, 2.45) is 5.41 Å². The van der Waals surface area contributed by atoms with Gasteiger partial charge in [-0.2, -0.15) is 0 Å². The van der Waals surface area contributed by atoms with Crippen LogP contribution >= 0.6 is 15.9 Å². The van der Waals surface area contributed by atoms with Gasteiger partial charge in [0.15, 0.2) is 9.84 Å². The molecule has 0 saturated carbocycles. The lowest BCUT2D eigenvalue weighted by atomic mass is 9.82. The van der Waals surface area contributed by atoms with Crippen LogP contribution in [0.15, 0.2) is 28.7 Å². The maximum Gasteiger partial charge on any atom is 0.428 e. The lowest BCUT2D eigenvalue weighted by molar-refractivity contribution is -0.133. The first-order valence-corrected chi connectivity index (χ1v) is 13.2. The molecule has 0 fully saturated rings. The third kappa shape index (κ3) is 9.89. The molecule has 0 aliphatic carbocycles. The molecule has 11 heteroatoms. The first kappa shape index (κ1) is 25.4. The normalized spacial score (nSPS) is 15.9. The molecule has 0 spiro atoms. The van der Waals surface area contributed by atoms with Gasteiger partial charge < -0.3 is 14.6 Å². The van der Waals surface area contributed by atoms with Crippen molar-refractivity contribution in [3.8, 4) is 0 Å². The van der Waals surface area contributed by atoms with Crippen molar-refractivity contribution in [3.63, 3.8) is 0 Å². The van der Waals surface area contributed by atoms with Crippen LogP contribution in [0.4, 0.5) is 4.79 Å². The lowest BCUT2D eigenvalue weighted by Crippen LogP contribution is -2.53. The molecule has 2 N–H and O–H groups in total. The van der Waals surface area contributed by atoms with Crippen molar-refractivity contribution in [2.45, 2.75) is 52.5 Å². The van der Waals surface area contributed by atoms with Crippen LogP contribution in [-0.2, 0) is 29.5 Å². The number of nitrogens with zero attached hydrogens (tertiary/aromatic N) is 1. The Bertz CT molecular complexity index is 1060. The zero-order chi connectivity index (χ0) is 28.9. The quantitative estimate of drug-likeness (QED) is 0.416. The predicted molar refractivity (Wildman–Crippen MR) is 134 cm³/mol. The van der Waals surface area contributed by atoms with Gasteiger partial charge in [-0.05, 0) is 45.3 Å². The molecule has 0 saturated heterocycles. The summed E-state index contributed by atoms with van der Waals surface area (Å²) >= 11 is 3.30. The molecule has 0 aliphatic rings. The fourth-order valence-electron chi connectivity index (χ4n) is 2.99. The number of carbonyl (C=O) groups is 2. The number of halogens is 1. The Morgan fingerprint density at radius 1 is 1.21 bits per heavy atom. The number of aliphatic hydroxyl groups excluding tert-OH is 1. The van der Waals surface area contributed by atoms with E-state index in [9.17, 15) is 18.0 Å². The highest BCUT2D eigenvalue weighted by molar-refractivity contribution is 9.10. The van der Waals surface area contributed by atoms with Crippen molar-refractivity contribution in [3.05, 3.63) is 34.3 Å². The van der Waals surface area contributed by atoms with Crippen molar-refractivity contribution in [2.75, 3.05) is 38.4 Å². The number of hydrogen-bond acceptors (Lipinski definition) is 7. The molecule has 1 aromatic carbocycles. The number of amides is 2. The van der Waals surface area contributed by atoms with Crippen molar-refractivity contribution < 1.29 is 36.7 Å². The van der Waals surface area contributed by atoms with Crippen LogP contribution in [0.5, 0.6) is 0 Å². The number of aliphatic hydroxyl groups is 1. The van der Waals surface area contributed by atoms with Crippen LogP contribution < -0.4 is 5.43 Å². The summed E-state index contributed by atoms with van der Waals surface area (Å²) < 4.78 is 60.9. The van der Waals surface area contributed by atoms with E-state index < -0.39 is 64.1 Å². The molecule has 0 aromatic heterocycles. The maximum absolute atomic E-state index is 13.6. The van der Waals surface area contributed by atoms with Gasteiger partial charge in [0.05, 0.1) is 36.7 Å². The maximum atomic E-state index is 13.6. The first-order valence-electron chi connectivity index (χ1n) is 12.1. The highest BCUT2D eigenvalue weighted by atomic mass is 79.9. The second-order valence-electron chi connectivity index (χ2n) is 9.87. The molecule has 0 aliphatic heterocycles. The van der Waals surface area contributed by atoms with Crippen LogP contribution in [-0.4, -0.2) is 74.5 Å². The van der Waals surface area contributed by atoms with Crippen LogP contribution in [0.1, 0.15) is 51.1 Å². The van der Waals surface area contributed by atoms with Gasteiger partial charge >= 0.3 is 6.09 Å². The van der Waals surface area contributed by atoms with Gasteiger partial charge in [0, 0.05) is 21.0 Å². The van der Waals surface area contributed by atoms with Gasteiger partial charge in [-0.1, -0.05) is 41.9 Å². The summed E-state index contributed by atoms with van der Waals surface area (Å²) in [6, 6.07) is 6.16. The zero-order valence-electron chi connectivity index (χ0n) is 23.5. The van der Waals surface area contributed by atoms with Crippen molar-refractivity contribution in [1.82, 2.24) is 10.4 Å². The summed E-state index contributed by atoms with van der Waals surface area (Å²) in [6.45, 7) is 3.87. The molecule has 9 nitrogen and oxygen atoms in total. The second-order valence-corrected chi connectivity index (χ2v) is 13.0. The summed E-state index contributed by atoms with van der Waals surface area (Å²) in [6.07, 6.45) is -0.898. The third-order valence-electron chi connectivity index (χ3n) is 4.47. The molecule has 34 heavy (non-hydrogen) atoms. The molecular weight excluding hydrogens is 528 g/mol. The SMILES string of the molecule is [2H]C([2H])([2H])C(COCC(C)(C)CS(=O)(=O)CCO)(C(=O)NN(C)C(=O)OC(C)(C)C)c1cccc(Br)c1. The predicted octanol–water partition coefficient (Wildman–Crippen LogP) is 3.05. The minimum atomic E-state index is -3.58. The molecule has 2 amide bonds. The topological polar surface area (TPSA) is 122 Å². The lowest BCUT2D eigenvalue weighted by Gasteiger charge is -2.33. The largest absolute Gasteiger partial charge is 0.442 e. The van der Waals surface area contributed by atoms with E-state index in [-0.39, 0.29) is 17.9 Å². The van der Waals surface area contributed by atoms with E-state index in [1.165, 1.54) is 19.2 Å². The second kappa shape index (κ2) is 11.8. The minimum absolute atomic E-state index is 0.0997. The fraction of sp³-hybridized carbons (Fsp3) is 0.652. The van der Waals surface area contributed by atoms with Crippen LogP contribution in [0.2, 0.25) is 0 Å². The highest BCUT2D eigenvalue weighted by Crippen LogP contribution is 2.29. The molecule has 194 valence electrons. The number of hydrazine groups is 1. The number of benzene rings is 1. The average molecular weight is 569 g/mol. The monoisotopic (exact) mass is 567 g/mol. The van der Waals surface area contributed by atoms with Crippen molar-refractivity contribution >= 4 is 37.8 Å². The molecule has 1 unspecified atom stereocenters. The zero-order valence-corrected chi connectivity index (χ0v) is 22.9. The summed E-state index contributed by atoms with van der Waals surface area (Å²) in [5.74, 6) is -1.76. The van der Waals surface area contributed by atoms with E-state index in [0.717, 1.165) is 5.01 Å². The van der Waals surface area contributed by atoms with Gasteiger partial charge in [-0.3, -0.25) is 10.2 Å². The van der Waals surface area contributed by atoms with Crippen LogP contribution in [0.3, 0.4) is 0 Å². The molecule has 0 heterocycles. The summed E-state index contributed by atoms with van der Waals surface area (Å²) in [4.78, 5) is 26.1. The van der Waals surface area contributed by atoms with Gasteiger partial charge in [0.25, 0.3) is 5.91 Å². The highest BCUT2D eigenvalue weighted by Gasteiger charge is 2.38. The number of rotatable bonds is 10. The molecular formula is C23H37BrN2O7S. The van der Waals surface area contributed by atoms with E-state index in [1.54, 1.807) is 46.8 Å². The Hall–Kier alpha value is -1.69. The number of ether oxygens (including phenoxy) is 2. The minimum Gasteiger partial charge on any atom is -0.442 e. The smallest absolute Gasteiger partial charge is 0.428 e. The number of sulfone groups is 1. The van der Waals surface area contributed by atoms with E-state index in [1.807, 2.05) is 0 Å². The summed E-state index contributed by atoms with van der Waals surface area (Å²) in [5, 5.41) is 9.76. The Kier molecular flexibility index (Phi) is 8.84. The van der Waals surface area contributed by atoms with E-state index in [2.05, 4.69) is 21.4 Å². The van der Waals surface area contributed by atoms with E-state index >= 15 is 0 Å². The molecule has 0 radical (unpaired) electrons. The Balaban J connectivity index is 3.37. The van der Waals surface area contributed by atoms with Gasteiger partial charge in [0.2, 0.25) is 0 Å². The van der Waals surface area contributed by atoms with E-state index in [4.69, 9.17) is 18.7 Å². The van der Waals surface area contributed by atoms with Crippen LogP contribution in [0.25, 0.3) is 0 Å². The molecule has 0 bridgehead atoms. The molecule has 1 rings (SSSR count). The van der Waals surface area contributed by atoms with Crippen LogP contribution in [0, 0.1) is 5.41 Å². The molecule has 1 atom stereocenters. The first-order chi connectivity index (χ1) is 16.7. The Morgan fingerprint density at radius 2 is 1.85 bits per heavy atom. The Labute approximate surface area is 215 Å². The number of nitrogens with one attached hydrogen (secondary N) is 1. The summed E-state index contributed by atoms with van der Waals surface area (Å²) in [5.41, 5.74) is -1.66. The standard InChI is InChI=1S/C23H37BrN2O7S/c1-21(2,3)33-20(29)26(7)25-19(28)23(6,17-9-8-10-18(24)13-17)15-32-14-22(4,5)16-34(30,31)12-11-27/h8-10,13,27H,11-12,14-16H2,1-7H3,(H,25,28)/i6D3. The summed E-state index contributed by atoms with van der Waals surface area (Å²) in [7, 11) is -2.35. The average Bonchev–Trinajstić information content (AvgIpc) is 2.67. The van der Waals surface area contributed by atoms with E-state index in [0.29, 0.717) is 4.47 Å². The van der Waals surface area contributed by atoms with Gasteiger partial charge in [-0.15, -0.1) is 0 Å². The fourth-order valence-corrected chi connectivity index (χ4v) is 5.08.